The predicted molar refractivity (Wildman–Crippen MR) is 85.5 cm³/mol. The van der Waals surface area contributed by atoms with E-state index < -0.39 is 10.0 Å². The van der Waals surface area contributed by atoms with E-state index in [1.54, 1.807) is 25.6 Å². The highest BCUT2D eigenvalue weighted by Crippen LogP contribution is 2.27. The van der Waals surface area contributed by atoms with Crippen molar-refractivity contribution in [3.05, 3.63) is 46.2 Å². The van der Waals surface area contributed by atoms with Crippen molar-refractivity contribution in [2.24, 2.45) is 0 Å². The van der Waals surface area contributed by atoms with E-state index in [1.807, 2.05) is 24.3 Å². The van der Waals surface area contributed by atoms with Crippen molar-refractivity contribution in [3.63, 3.8) is 0 Å². The molecule has 0 amide bonds. The molecule has 0 aliphatic carbocycles. The monoisotopic (exact) mass is 345 g/mol. The van der Waals surface area contributed by atoms with Crippen LogP contribution in [0.2, 0.25) is 0 Å². The van der Waals surface area contributed by atoms with Gasteiger partial charge >= 0.3 is 0 Å². The van der Waals surface area contributed by atoms with Gasteiger partial charge in [0.1, 0.15) is 5.75 Å². The molecule has 0 saturated carbocycles. The van der Waals surface area contributed by atoms with Crippen LogP contribution in [0.4, 0.5) is 0 Å². The average Bonchev–Trinajstić information content (AvgIpc) is 2.97. The molecule has 2 aromatic rings. The zero-order valence-electron chi connectivity index (χ0n) is 11.7. The van der Waals surface area contributed by atoms with E-state index in [-0.39, 0.29) is 5.88 Å². The minimum atomic E-state index is -3.52. The molecule has 2 rings (SSSR count). The van der Waals surface area contributed by atoms with E-state index in [1.165, 1.54) is 15.6 Å². The molecule has 1 heterocycles. The van der Waals surface area contributed by atoms with Crippen LogP contribution in [0, 0.1) is 0 Å². The summed E-state index contributed by atoms with van der Waals surface area (Å²) >= 11 is 7.14. The quantitative estimate of drug-likeness (QED) is 0.754. The molecule has 4 nitrogen and oxygen atoms in total. The Morgan fingerprint density at radius 2 is 1.90 bits per heavy atom. The summed E-state index contributed by atoms with van der Waals surface area (Å²) < 4.78 is 31.5. The Morgan fingerprint density at radius 3 is 2.48 bits per heavy atom. The van der Waals surface area contributed by atoms with Gasteiger partial charge < -0.3 is 4.74 Å². The maximum atomic E-state index is 12.5. The van der Waals surface area contributed by atoms with Gasteiger partial charge in [-0.15, -0.1) is 22.9 Å². The summed E-state index contributed by atoms with van der Waals surface area (Å²) in [6, 6.07) is 8.92. The predicted octanol–water partition coefficient (Wildman–Crippen LogP) is 3.32. The van der Waals surface area contributed by atoms with Gasteiger partial charge in [0.25, 0.3) is 0 Å². The van der Waals surface area contributed by atoms with E-state index in [9.17, 15) is 8.42 Å². The van der Waals surface area contributed by atoms with Crippen molar-refractivity contribution < 1.29 is 13.2 Å². The van der Waals surface area contributed by atoms with Crippen molar-refractivity contribution >= 4 is 33.0 Å². The first-order valence-electron chi connectivity index (χ1n) is 6.20. The fourth-order valence-electron chi connectivity index (χ4n) is 1.90. The summed E-state index contributed by atoms with van der Waals surface area (Å²) in [4.78, 5) is 0.955. The average molecular weight is 346 g/mol. The van der Waals surface area contributed by atoms with Crippen LogP contribution in [0.15, 0.2) is 40.6 Å². The summed E-state index contributed by atoms with van der Waals surface area (Å²) in [7, 11) is -0.366. The Balaban J connectivity index is 2.20. The number of sulfonamides is 1. The zero-order valence-corrected chi connectivity index (χ0v) is 14.1. The molecule has 0 aliphatic rings. The molecule has 0 unspecified atom stereocenters. The van der Waals surface area contributed by atoms with E-state index in [0.717, 1.165) is 11.3 Å². The Bertz CT molecular complexity index is 695. The second-order valence-electron chi connectivity index (χ2n) is 4.45. The van der Waals surface area contributed by atoms with Gasteiger partial charge in [-0.3, -0.25) is 0 Å². The summed E-state index contributed by atoms with van der Waals surface area (Å²) in [5.41, 5.74) is 0.893. The molecule has 0 atom stereocenters. The molecule has 0 aliphatic heterocycles. The first kappa shape index (κ1) is 16.3. The van der Waals surface area contributed by atoms with Crippen LogP contribution in [-0.4, -0.2) is 26.9 Å². The van der Waals surface area contributed by atoms with Crippen LogP contribution in [0.25, 0.3) is 0 Å². The lowest BCUT2D eigenvalue weighted by molar-refractivity contribution is 0.414. The largest absolute Gasteiger partial charge is 0.497 e. The molecule has 7 heteroatoms. The van der Waals surface area contributed by atoms with Gasteiger partial charge in [-0.1, -0.05) is 12.1 Å². The summed E-state index contributed by atoms with van der Waals surface area (Å²) in [6.45, 7) is 0.296. The van der Waals surface area contributed by atoms with Crippen LogP contribution in [0.1, 0.15) is 10.4 Å². The molecule has 0 N–H and O–H groups in total. The normalized spacial score (nSPS) is 11.8. The Kier molecular flexibility index (Phi) is 5.27. The highest BCUT2D eigenvalue weighted by molar-refractivity contribution is 7.89. The van der Waals surface area contributed by atoms with Crippen molar-refractivity contribution in [2.45, 2.75) is 17.3 Å². The molecule has 0 radical (unpaired) electrons. The Labute approximate surface area is 134 Å². The minimum Gasteiger partial charge on any atom is -0.497 e. The highest BCUT2D eigenvalue weighted by Gasteiger charge is 2.24. The number of benzene rings is 1. The molecule has 1 aromatic heterocycles. The first-order chi connectivity index (χ1) is 9.98. The SMILES string of the molecule is COc1ccc(CN(C)S(=O)(=O)c2ccsc2CCl)cc1. The molecule has 21 heavy (non-hydrogen) atoms. The lowest BCUT2D eigenvalue weighted by Crippen LogP contribution is -2.26. The maximum Gasteiger partial charge on any atom is 0.244 e. The number of halogens is 1. The molecule has 0 bridgehead atoms. The lowest BCUT2D eigenvalue weighted by atomic mass is 10.2. The van der Waals surface area contributed by atoms with Crippen LogP contribution < -0.4 is 4.74 Å². The van der Waals surface area contributed by atoms with E-state index >= 15 is 0 Å². The Hall–Kier alpha value is -1.08. The smallest absolute Gasteiger partial charge is 0.244 e. The van der Waals surface area contributed by atoms with Gasteiger partial charge in [-0.25, -0.2) is 8.42 Å². The standard InChI is InChI=1S/C14H16ClNO3S2/c1-16(10-11-3-5-12(19-2)6-4-11)21(17,18)14-7-8-20-13(14)9-15/h3-8H,9-10H2,1-2H3. The molecule has 1 aromatic carbocycles. The summed E-state index contributed by atoms with van der Waals surface area (Å²) in [6.07, 6.45) is 0. The second kappa shape index (κ2) is 6.79. The van der Waals surface area contributed by atoms with Crippen LogP contribution in [0.5, 0.6) is 5.75 Å². The minimum absolute atomic E-state index is 0.197. The fourth-order valence-corrected chi connectivity index (χ4v) is 4.73. The molecular formula is C14H16ClNO3S2. The topological polar surface area (TPSA) is 46.6 Å². The molecule has 0 spiro atoms. The van der Waals surface area contributed by atoms with E-state index in [2.05, 4.69) is 0 Å². The fraction of sp³-hybridized carbons (Fsp3) is 0.286. The van der Waals surface area contributed by atoms with Gasteiger partial charge in [-0.2, -0.15) is 4.31 Å². The van der Waals surface area contributed by atoms with Gasteiger partial charge in [0, 0.05) is 18.5 Å². The molecule has 0 fully saturated rings. The molecule has 114 valence electrons. The first-order valence-corrected chi connectivity index (χ1v) is 9.06. The third-order valence-corrected chi connectivity index (χ3v) is 6.44. The van der Waals surface area contributed by atoms with Crippen molar-refractivity contribution in [1.82, 2.24) is 4.31 Å². The number of rotatable bonds is 6. The number of ether oxygens (including phenoxy) is 1. The highest BCUT2D eigenvalue weighted by atomic mass is 35.5. The van der Waals surface area contributed by atoms with E-state index in [4.69, 9.17) is 16.3 Å². The summed E-state index contributed by atoms with van der Waals surface area (Å²) in [5, 5.41) is 1.74. The third-order valence-electron chi connectivity index (χ3n) is 3.08. The van der Waals surface area contributed by atoms with Crippen molar-refractivity contribution in [2.75, 3.05) is 14.2 Å². The zero-order chi connectivity index (χ0) is 15.5. The summed E-state index contributed by atoms with van der Waals surface area (Å²) in [5.74, 6) is 0.939. The third kappa shape index (κ3) is 3.58. The second-order valence-corrected chi connectivity index (χ2v) is 7.73. The molecule has 0 saturated heterocycles. The number of hydrogen-bond donors (Lipinski definition) is 0. The van der Waals surface area contributed by atoms with Crippen LogP contribution in [-0.2, 0) is 22.4 Å². The van der Waals surface area contributed by atoms with Gasteiger partial charge in [0.15, 0.2) is 0 Å². The number of nitrogens with zero attached hydrogens (tertiary/aromatic N) is 1. The Morgan fingerprint density at radius 1 is 1.24 bits per heavy atom. The van der Waals surface area contributed by atoms with Crippen molar-refractivity contribution in [3.8, 4) is 5.75 Å². The number of thiophene rings is 1. The van der Waals surface area contributed by atoms with Crippen molar-refractivity contribution in [1.29, 1.82) is 0 Å². The van der Waals surface area contributed by atoms with Crippen LogP contribution in [0.3, 0.4) is 0 Å². The maximum absolute atomic E-state index is 12.5. The number of methoxy groups -OCH3 is 1. The van der Waals surface area contributed by atoms with Gasteiger partial charge in [0.05, 0.1) is 17.9 Å². The molecular weight excluding hydrogens is 330 g/mol. The number of alkyl halides is 1. The van der Waals surface area contributed by atoms with E-state index in [0.29, 0.717) is 16.3 Å². The number of hydrogen-bond acceptors (Lipinski definition) is 4. The van der Waals surface area contributed by atoms with Gasteiger partial charge in [-0.05, 0) is 29.1 Å². The van der Waals surface area contributed by atoms with Gasteiger partial charge in [0.2, 0.25) is 10.0 Å². The van der Waals surface area contributed by atoms with Crippen LogP contribution >= 0.6 is 22.9 Å². The lowest BCUT2D eigenvalue weighted by Gasteiger charge is -2.17.